The zero-order chi connectivity index (χ0) is 15.3. The Balaban J connectivity index is 1.88. The van der Waals surface area contributed by atoms with E-state index in [9.17, 15) is 9.59 Å². The molecule has 1 aliphatic carbocycles. The smallest absolute Gasteiger partial charge is 0.284 e. The summed E-state index contributed by atoms with van der Waals surface area (Å²) in [5.74, 6) is 0.0173. The second kappa shape index (κ2) is 4.85. The van der Waals surface area contributed by atoms with Crippen LogP contribution in [-0.4, -0.2) is 11.0 Å². The zero-order valence-corrected chi connectivity index (χ0v) is 12.7. The van der Waals surface area contributed by atoms with Crippen molar-refractivity contribution in [3.63, 3.8) is 0 Å². The van der Waals surface area contributed by atoms with E-state index in [2.05, 4.69) is 5.32 Å². The normalized spacial score (nSPS) is 19.8. The van der Waals surface area contributed by atoms with Crippen LogP contribution in [0.15, 0.2) is 54.1 Å². The molecule has 2 aromatic carbocycles. The predicted octanol–water partition coefficient (Wildman–Crippen LogP) is 4.10. The maximum atomic E-state index is 12.8. The van der Waals surface area contributed by atoms with Crippen LogP contribution in [0, 0.1) is 6.92 Å². The highest BCUT2D eigenvalue weighted by Crippen LogP contribution is 2.47. The summed E-state index contributed by atoms with van der Waals surface area (Å²) in [6.45, 7) is 2.02. The Hall–Kier alpha value is -2.33. The molecule has 0 aromatic heterocycles. The number of hydrogen-bond donors (Lipinski definition) is 1. The fourth-order valence-electron chi connectivity index (χ4n) is 2.96. The number of carbonyl (C=O) groups excluding carboxylic acids is 2. The number of nitrogens with one attached hydrogen (secondary N) is 1. The first kappa shape index (κ1) is 13.3. The van der Waals surface area contributed by atoms with Crippen molar-refractivity contribution in [2.24, 2.45) is 0 Å². The van der Waals surface area contributed by atoms with Crippen molar-refractivity contribution in [3.05, 3.63) is 76.4 Å². The molecule has 4 heteroatoms. The summed E-state index contributed by atoms with van der Waals surface area (Å²) < 4.78 is 0. The van der Waals surface area contributed by atoms with Crippen LogP contribution in [0.1, 0.15) is 32.3 Å². The van der Waals surface area contributed by atoms with E-state index in [1.54, 1.807) is 0 Å². The summed E-state index contributed by atoms with van der Waals surface area (Å²) in [5, 5.41) is 2.50. The molecule has 108 valence electrons. The van der Waals surface area contributed by atoms with Gasteiger partial charge in [-0.3, -0.25) is 9.59 Å². The molecule has 1 atom stereocenters. The van der Waals surface area contributed by atoms with E-state index in [-0.39, 0.29) is 16.3 Å². The van der Waals surface area contributed by atoms with Crippen LogP contribution in [0.3, 0.4) is 0 Å². The lowest BCUT2D eigenvalue weighted by molar-refractivity contribution is 0.103. The van der Waals surface area contributed by atoms with E-state index in [1.807, 2.05) is 55.5 Å². The molecule has 0 spiro atoms. The molecule has 0 radical (unpaired) electrons. The van der Waals surface area contributed by atoms with Crippen molar-refractivity contribution < 1.29 is 9.59 Å². The molecule has 22 heavy (non-hydrogen) atoms. The average molecular weight is 307 g/mol. The Labute approximate surface area is 132 Å². The molecule has 1 N–H and O–H groups in total. The number of benzene rings is 2. The molecule has 2 aromatic rings. The van der Waals surface area contributed by atoms with Crippen LogP contribution in [0.2, 0.25) is 0 Å². The zero-order valence-electron chi connectivity index (χ0n) is 11.9. The third-order valence-corrected chi connectivity index (χ3v) is 5.11. The van der Waals surface area contributed by atoms with Crippen molar-refractivity contribution in [1.29, 1.82) is 0 Å². The summed E-state index contributed by atoms with van der Waals surface area (Å²) in [6.07, 6.45) is 0. The van der Waals surface area contributed by atoms with Gasteiger partial charge in [-0.1, -0.05) is 65.9 Å². The maximum Gasteiger partial charge on any atom is 0.284 e. The van der Waals surface area contributed by atoms with Crippen LogP contribution in [0.5, 0.6) is 0 Å². The van der Waals surface area contributed by atoms with Gasteiger partial charge in [0.2, 0.25) is 0 Å². The number of rotatable bonds is 1. The summed E-state index contributed by atoms with van der Waals surface area (Å²) in [4.78, 5) is 24.8. The van der Waals surface area contributed by atoms with Gasteiger partial charge in [0.1, 0.15) is 0 Å². The van der Waals surface area contributed by atoms with Gasteiger partial charge in [0.15, 0.2) is 5.78 Å². The van der Waals surface area contributed by atoms with E-state index in [0.717, 1.165) is 16.7 Å². The number of ketones is 1. The van der Waals surface area contributed by atoms with Gasteiger partial charge in [-0.05, 0) is 12.5 Å². The minimum atomic E-state index is -0.246. The molecular weight excluding hydrogens is 294 g/mol. The fraction of sp³-hybridized carbons (Fsp3) is 0.111. The molecule has 3 nitrogen and oxygen atoms in total. The number of Topliss-reactive ketones (excluding diaryl/α,β-unsaturated/α-hetero) is 1. The van der Waals surface area contributed by atoms with Crippen LogP contribution >= 0.6 is 11.8 Å². The first-order chi connectivity index (χ1) is 10.6. The lowest BCUT2D eigenvalue weighted by Gasteiger charge is -2.24. The number of carbonyl (C=O) groups is 2. The van der Waals surface area contributed by atoms with Gasteiger partial charge in [-0.2, -0.15) is 0 Å². The van der Waals surface area contributed by atoms with Gasteiger partial charge in [0, 0.05) is 16.7 Å². The molecule has 0 saturated heterocycles. The van der Waals surface area contributed by atoms with Gasteiger partial charge >= 0.3 is 0 Å². The Morgan fingerprint density at radius 2 is 1.64 bits per heavy atom. The van der Waals surface area contributed by atoms with Crippen molar-refractivity contribution in [2.45, 2.75) is 12.2 Å². The lowest BCUT2D eigenvalue weighted by atomic mass is 10.00. The molecule has 0 fully saturated rings. The van der Waals surface area contributed by atoms with Gasteiger partial charge in [0.25, 0.3) is 5.24 Å². The van der Waals surface area contributed by atoms with Crippen LogP contribution in [-0.2, 0) is 0 Å². The Morgan fingerprint density at radius 3 is 2.36 bits per heavy atom. The minimum absolute atomic E-state index is 0.0173. The monoisotopic (exact) mass is 307 g/mol. The summed E-state index contributed by atoms with van der Waals surface area (Å²) >= 11 is 1.17. The first-order valence-corrected chi connectivity index (χ1v) is 7.95. The van der Waals surface area contributed by atoms with Gasteiger partial charge in [0.05, 0.1) is 10.9 Å². The Kier molecular flexibility index (Phi) is 2.94. The molecule has 0 saturated carbocycles. The van der Waals surface area contributed by atoms with Crippen molar-refractivity contribution in [2.75, 3.05) is 0 Å². The highest BCUT2D eigenvalue weighted by molar-refractivity contribution is 8.14. The molecule has 2 aliphatic rings. The van der Waals surface area contributed by atoms with E-state index in [1.165, 1.54) is 11.8 Å². The van der Waals surface area contributed by atoms with Gasteiger partial charge in [-0.15, -0.1) is 0 Å². The van der Waals surface area contributed by atoms with E-state index >= 15 is 0 Å². The van der Waals surface area contributed by atoms with E-state index in [0.29, 0.717) is 16.8 Å². The molecule has 1 amide bonds. The molecule has 1 heterocycles. The third-order valence-electron chi connectivity index (χ3n) is 4.05. The van der Waals surface area contributed by atoms with Crippen molar-refractivity contribution in [3.8, 4) is 0 Å². The standard InChI is InChI=1S/C18H13NO2S/c1-10-6-8-11(9-7-10)17-14-15(19-18(21)22-17)12-4-2-3-5-13(12)16(14)20/h2-9,17H,1H3,(H,19,21)/t17-/m1/s1. The number of amides is 1. The van der Waals surface area contributed by atoms with Crippen LogP contribution < -0.4 is 5.32 Å². The van der Waals surface area contributed by atoms with Gasteiger partial charge < -0.3 is 5.32 Å². The quantitative estimate of drug-likeness (QED) is 0.862. The summed E-state index contributed by atoms with van der Waals surface area (Å²) in [7, 11) is 0. The Bertz CT molecular complexity index is 836. The lowest BCUT2D eigenvalue weighted by Crippen LogP contribution is -2.25. The molecule has 4 rings (SSSR count). The predicted molar refractivity (Wildman–Crippen MR) is 87.7 cm³/mol. The highest BCUT2D eigenvalue weighted by atomic mass is 32.2. The summed E-state index contributed by atoms with van der Waals surface area (Å²) in [6, 6.07) is 15.4. The topological polar surface area (TPSA) is 46.2 Å². The van der Waals surface area contributed by atoms with Gasteiger partial charge in [-0.25, -0.2) is 0 Å². The van der Waals surface area contributed by atoms with Crippen molar-refractivity contribution in [1.82, 2.24) is 5.32 Å². The van der Waals surface area contributed by atoms with Crippen LogP contribution in [0.25, 0.3) is 5.70 Å². The number of aryl methyl sites for hydroxylation is 1. The number of hydrogen-bond acceptors (Lipinski definition) is 3. The summed E-state index contributed by atoms with van der Waals surface area (Å²) in [5.41, 5.74) is 5.01. The van der Waals surface area contributed by atoms with E-state index in [4.69, 9.17) is 0 Å². The van der Waals surface area contributed by atoms with Crippen LogP contribution in [0.4, 0.5) is 4.79 Å². The highest BCUT2D eigenvalue weighted by Gasteiger charge is 2.40. The molecular formula is C18H13NO2S. The Morgan fingerprint density at radius 1 is 0.955 bits per heavy atom. The largest absolute Gasteiger partial charge is 0.316 e. The van der Waals surface area contributed by atoms with Crippen molar-refractivity contribution >= 4 is 28.5 Å². The molecule has 0 unspecified atom stereocenters. The first-order valence-electron chi connectivity index (χ1n) is 7.07. The van der Waals surface area contributed by atoms with E-state index < -0.39 is 0 Å². The minimum Gasteiger partial charge on any atom is -0.316 e. The maximum absolute atomic E-state index is 12.8. The second-order valence-corrected chi connectivity index (χ2v) is 6.56. The molecule has 0 bridgehead atoms. The second-order valence-electron chi connectivity index (χ2n) is 5.48. The SMILES string of the molecule is Cc1ccc([C@H]2SC(=O)NC3=C2C(=O)c2ccccc23)cc1. The average Bonchev–Trinajstić information content (AvgIpc) is 2.81. The third kappa shape index (κ3) is 1.91. The number of thioether (sulfide) groups is 1. The fourth-order valence-corrected chi connectivity index (χ4v) is 3.97. The number of fused-ring (bicyclic) bond motifs is 2. The molecule has 1 aliphatic heterocycles.